The summed E-state index contributed by atoms with van der Waals surface area (Å²) in [6.07, 6.45) is 0. The van der Waals surface area contributed by atoms with Crippen LogP contribution in [0.4, 0.5) is 5.69 Å². The molecule has 1 aliphatic heterocycles. The summed E-state index contributed by atoms with van der Waals surface area (Å²) in [6, 6.07) is 9.91. The van der Waals surface area contributed by atoms with Crippen molar-refractivity contribution in [1.82, 2.24) is 5.48 Å². The van der Waals surface area contributed by atoms with Gasteiger partial charge in [0.25, 0.3) is 11.8 Å². The average molecular weight is 358 g/mol. The van der Waals surface area contributed by atoms with Crippen molar-refractivity contribution >= 4 is 17.5 Å². The molecule has 0 saturated carbocycles. The van der Waals surface area contributed by atoms with Gasteiger partial charge in [0.15, 0.2) is 6.61 Å². The second kappa shape index (κ2) is 7.32. The van der Waals surface area contributed by atoms with Crippen molar-refractivity contribution in [3.05, 3.63) is 47.5 Å². The molecule has 8 nitrogen and oxygen atoms in total. The van der Waals surface area contributed by atoms with Gasteiger partial charge in [-0.25, -0.2) is 5.48 Å². The first-order valence-electron chi connectivity index (χ1n) is 7.80. The molecule has 0 atom stereocenters. The number of fused-ring (bicyclic) bond motifs is 1. The maximum Gasteiger partial charge on any atom is 0.274 e. The molecular formula is C18H18N2O6. The van der Waals surface area contributed by atoms with E-state index in [1.807, 2.05) is 6.07 Å². The van der Waals surface area contributed by atoms with Gasteiger partial charge in [-0.15, -0.1) is 0 Å². The number of amides is 2. The maximum absolute atomic E-state index is 12.4. The quantitative estimate of drug-likeness (QED) is 0.624. The van der Waals surface area contributed by atoms with E-state index >= 15 is 0 Å². The Morgan fingerprint density at radius 1 is 1.23 bits per heavy atom. The Morgan fingerprint density at radius 3 is 2.73 bits per heavy atom. The van der Waals surface area contributed by atoms with E-state index in [-0.39, 0.29) is 24.6 Å². The lowest BCUT2D eigenvalue weighted by Gasteiger charge is -2.30. The number of benzene rings is 2. The highest BCUT2D eigenvalue weighted by molar-refractivity contribution is 6.01. The molecule has 1 heterocycles. The minimum atomic E-state index is -0.673. The summed E-state index contributed by atoms with van der Waals surface area (Å²) in [5.74, 6) is 0.770. The molecule has 2 amide bonds. The third-order valence-electron chi connectivity index (χ3n) is 4.09. The normalized spacial score (nSPS) is 12.9. The molecule has 0 bridgehead atoms. The van der Waals surface area contributed by atoms with Crippen molar-refractivity contribution in [1.29, 1.82) is 0 Å². The summed E-state index contributed by atoms with van der Waals surface area (Å²) in [5, 5.41) is 8.82. The highest BCUT2D eigenvalue weighted by atomic mass is 16.5. The van der Waals surface area contributed by atoms with Crippen LogP contribution in [-0.2, 0) is 11.3 Å². The lowest BCUT2D eigenvalue weighted by molar-refractivity contribution is -0.121. The summed E-state index contributed by atoms with van der Waals surface area (Å²) < 4.78 is 16.0. The van der Waals surface area contributed by atoms with Gasteiger partial charge < -0.3 is 19.1 Å². The Hall–Kier alpha value is -3.26. The zero-order valence-electron chi connectivity index (χ0n) is 14.3. The standard InChI is InChI=1S/C18H18N2O6/c1-24-13-5-3-12(16(8-13)25-2)9-20-14-7-11(18(22)19-23)4-6-15(14)26-10-17(20)21/h3-8,23H,9-10H2,1-2H3,(H,19,22). The van der Waals surface area contributed by atoms with E-state index in [1.54, 1.807) is 30.8 Å². The number of carbonyl (C=O) groups excluding carboxylic acids is 2. The van der Waals surface area contributed by atoms with Crippen molar-refractivity contribution < 1.29 is 29.0 Å². The van der Waals surface area contributed by atoms with Crippen LogP contribution in [0.25, 0.3) is 0 Å². The number of nitrogens with one attached hydrogen (secondary N) is 1. The van der Waals surface area contributed by atoms with Crippen LogP contribution >= 0.6 is 0 Å². The SMILES string of the molecule is COc1ccc(CN2C(=O)COc3ccc(C(=O)NO)cc32)c(OC)c1. The van der Waals surface area contributed by atoms with Crippen LogP contribution in [0.5, 0.6) is 17.2 Å². The molecule has 8 heteroatoms. The molecule has 2 aromatic carbocycles. The zero-order chi connectivity index (χ0) is 18.7. The molecule has 2 N–H and O–H groups in total. The maximum atomic E-state index is 12.4. The van der Waals surface area contributed by atoms with Gasteiger partial charge >= 0.3 is 0 Å². The zero-order valence-corrected chi connectivity index (χ0v) is 14.3. The minimum absolute atomic E-state index is 0.100. The van der Waals surface area contributed by atoms with Crippen LogP contribution in [0.15, 0.2) is 36.4 Å². The van der Waals surface area contributed by atoms with Gasteiger partial charge in [-0.3, -0.25) is 14.8 Å². The van der Waals surface area contributed by atoms with Crippen molar-refractivity contribution in [3.63, 3.8) is 0 Å². The van der Waals surface area contributed by atoms with Crippen molar-refractivity contribution in [2.45, 2.75) is 6.54 Å². The van der Waals surface area contributed by atoms with Gasteiger partial charge in [0, 0.05) is 17.2 Å². The number of ether oxygens (including phenoxy) is 3. The lowest BCUT2D eigenvalue weighted by atomic mass is 10.1. The van der Waals surface area contributed by atoms with Gasteiger partial charge in [0.05, 0.1) is 26.5 Å². The van der Waals surface area contributed by atoms with Crippen molar-refractivity contribution in [2.24, 2.45) is 0 Å². The molecule has 2 aromatic rings. The predicted molar refractivity (Wildman–Crippen MR) is 91.9 cm³/mol. The molecular weight excluding hydrogens is 340 g/mol. The molecule has 0 aromatic heterocycles. The molecule has 0 radical (unpaired) electrons. The number of hydrogen-bond acceptors (Lipinski definition) is 6. The number of hydrogen-bond donors (Lipinski definition) is 2. The number of nitrogens with zero attached hydrogens (tertiary/aromatic N) is 1. The van der Waals surface area contributed by atoms with E-state index in [0.717, 1.165) is 5.56 Å². The van der Waals surface area contributed by atoms with E-state index in [9.17, 15) is 9.59 Å². The fourth-order valence-corrected chi connectivity index (χ4v) is 2.73. The first kappa shape index (κ1) is 17.6. The van der Waals surface area contributed by atoms with Crippen molar-refractivity contribution in [2.75, 3.05) is 25.7 Å². The van der Waals surface area contributed by atoms with E-state index in [2.05, 4.69) is 0 Å². The Balaban J connectivity index is 1.98. The van der Waals surface area contributed by atoms with Crippen LogP contribution in [0.3, 0.4) is 0 Å². The molecule has 0 aliphatic carbocycles. The first-order valence-corrected chi connectivity index (χ1v) is 7.80. The van der Waals surface area contributed by atoms with Gasteiger partial charge in [-0.2, -0.15) is 0 Å². The fraction of sp³-hybridized carbons (Fsp3) is 0.222. The Morgan fingerprint density at radius 2 is 2.04 bits per heavy atom. The lowest BCUT2D eigenvalue weighted by Crippen LogP contribution is -2.38. The fourth-order valence-electron chi connectivity index (χ4n) is 2.73. The third-order valence-corrected chi connectivity index (χ3v) is 4.09. The monoisotopic (exact) mass is 358 g/mol. The minimum Gasteiger partial charge on any atom is -0.497 e. The summed E-state index contributed by atoms with van der Waals surface area (Å²) in [4.78, 5) is 25.6. The first-order chi connectivity index (χ1) is 12.6. The topological polar surface area (TPSA) is 97.3 Å². The van der Waals surface area contributed by atoms with Gasteiger partial charge in [-0.05, 0) is 30.3 Å². The van der Waals surface area contributed by atoms with E-state index < -0.39 is 5.91 Å². The Kier molecular flexibility index (Phi) is 4.94. The summed E-state index contributed by atoms with van der Waals surface area (Å²) >= 11 is 0. The highest BCUT2D eigenvalue weighted by Crippen LogP contribution is 2.35. The second-order valence-corrected chi connectivity index (χ2v) is 5.57. The van der Waals surface area contributed by atoms with Gasteiger partial charge in [0.2, 0.25) is 0 Å². The number of anilines is 1. The number of hydroxylamine groups is 1. The van der Waals surface area contributed by atoms with Gasteiger partial charge in [0.1, 0.15) is 17.2 Å². The summed E-state index contributed by atoms with van der Waals surface area (Å²) in [7, 11) is 3.10. The van der Waals surface area contributed by atoms with Crippen LogP contribution in [0.2, 0.25) is 0 Å². The third kappa shape index (κ3) is 3.27. The Labute approximate surface area is 149 Å². The van der Waals surface area contributed by atoms with Crippen molar-refractivity contribution in [3.8, 4) is 17.2 Å². The predicted octanol–water partition coefficient (Wildman–Crippen LogP) is 1.75. The Bertz CT molecular complexity index is 852. The van der Waals surface area contributed by atoms with Crippen LogP contribution in [0, 0.1) is 0 Å². The molecule has 0 unspecified atom stereocenters. The molecule has 1 aliphatic rings. The number of methoxy groups -OCH3 is 2. The van der Waals surface area contributed by atoms with Crippen LogP contribution < -0.4 is 24.6 Å². The van der Waals surface area contributed by atoms with E-state index in [1.165, 1.54) is 24.1 Å². The number of carbonyl (C=O) groups is 2. The number of rotatable bonds is 5. The summed E-state index contributed by atoms with van der Waals surface area (Å²) in [5.41, 5.74) is 3.00. The molecule has 26 heavy (non-hydrogen) atoms. The molecule has 0 saturated heterocycles. The van der Waals surface area contributed by atoms with E-state index in [0.29, 0.717) is 22.9 Å². The molecule has 0 spiro atoms. The molecule has 136 valence electrons. The molecule has 0 fully saturated rings. The van der Waals surface area contributed by atoms with Gasteiger partial charge in [-0.1, -0.05) is 0 Å². The van der Waals surface area contributed by atoms with Crippen LogP contribution in [-0.4, -0.2) is 37.8 Å². The molecule has 3 rings (SSSR count). The van der Waals surface area contributed by atoms with Crippen LogP contribution in [0.1, 0.15) is 15.9 Å². The largest absolute Gasteiger partial charge is 0.497 e. The summed E-state index contributed by atoms with van der Waals surface area (Å²) in [6.45, 7) is 0.129. The second-order valence-electron chi connectivity index (χ2n) is 5.57. The van der Waals surface area contributed by atoms with E-state index in [4.69, 9.17) is 19.4 Å². The highest BCUT2D eigenvalue weighted by Gasteiger charge is 2.27. The average Bonchev–Trinajstić information content (AvgIpc) is 2.69. The smallest absolute Gasteiger partial charge is 0.274 e.